The highest BCUT2D eigenvalue weighted by molar-refractivity contribution is 6.01. The molecule has 1 atom stereocenters. The van der Waals surface area contributed by atoms with E-state index in [1.165, 1.54) is 0 Å². The zero-order valence-corrected chi connectivity index (χ0v) is 24.3. The molecule has 0 bridgehead atoms. The van der Waals surface area contributed by atoms with Gasteiger partial charge >= 0.3 is 6.03 Å². The van der Waals surface area contributed by atoms with Crippen LogP contribution in [0.1, 0.15) is 42.3 Å². The molecule has 1 aromatic heterocycles. The molecule has 212 valence electrons. The molecular weight excluding hydrogens is 516 g/mol. The highest BCUT2D eigenvalue weighted by Gasteiger charge is 2.39. The number of methoxy groups -OCH3 is 2. The lowest BCUT2D eigenvalue weighted by Gasteiger charge is -2.40. The molecular formula is C33H36N4O4. The maximum absolute atomic E-state index is 14.4. The second-order valence-electron chi connectivity index (χ2n) is 10.5. The molecule has 0 aliphatic carbocycles. The number of nitrogens with one attached hydrogen (secondary N) is 1. The highest BCUT2D eigenvalue weighted by atomic mass is 16.5. The van der Waals surface area contributed by atoms with Crippen LogP contribution in [-0.2, 0) is 4.79 Å². The predicted molar refractivity (Wildman–Crippen MR) is 161 cm³/mol. The zero-order valence-electron chi connectivity index (χ0n) is 24.3. The van der Waals surface area contributed by atoms with Gasteiger partial charge in [0.05, 0.1) is 31.3 Å². The van der Waals surface area contributed by atoms with Crippen LogP contribution in [0.15, 0.2) is 79.0 Å². The van der Waals surface area contributed by atoms with Crippen molar-refractivity contribution in [2.45, 2.75) is 39.8 Å². The van der Waals surface area contributed by atoms with Gasteiger partial charge in [0.2, 0.25) is 5.91 Å². The van der Waals surface area contributed by atoms with Crippen LogP contribution in [0.2, 0.25) is 0 Å². The van der Waals surface area contributed by atoms with E-state index in [1.807, 2.05) is 107 Å². The summed E-state index contributed by atoms with van der Waals surface area (Å²) >= 11 is 0. The Balaban J connectivity index is 1.57. The quantitative estimate of drug-likeness (QED) is 0.284. The minimum absolute atomic E-state index is 0.119. The summed E-state index contributed by atoms with van der Waals surface area (Å²) < 4.78 is 13.4. The van der Waals surface area contributed by atoms with E-state index in [-0.39, 0.29) is 24.5 Å². The molecule has 0 fully saturated rings. The molecule has 3 amide bonds. The van der Waals surface area contributed by atoms with Gasteiger partial charge < -0.3 is 24.3 Å². The summed E-state index contributed by atoms with van der Waals surface area (Å²) in [5.41, 5.74) is 6.12. The summed E-state index contributed by atoms with van der Waals surface area (Å²) in [5, 5.41) is 3.02. The Morgan fingerprint density at radius 3 is 2.39 bits per heavy atom. The topological polar surface area (TPSA) is 76.0 Å². The van der Waals surface area contributed by atoms with Gasteiger partial charge in [-0.25, -0.2) is 4.79 Å². The fourth-order valence-electron chi connectivity index (χ4n) is 5.39. The maximum atomic E-state index is 14.4. The number of ether oxygens (including phenoxy) is 2. The Bertz CT molecular complexity index is 1590. The molecule has 41 heavy (non-hydrogen) atoms. The van der Waals surface area contributed by atoms with Gasteiger partial charge in [-0.2, -0.15) is 0 Å². The summed E-state index contributed by atoms with van der Waals surface area (Å²) in [6.07, 6.45) is 1.99. The van der Waals surface area contributed by atoms with Gasteiger partial charge in [-0.3, -0.25) is 9.69 Å². The molecule has 8 heteroatoms. The molecule has 1 unspecified atom stereocenters. The summed E-state index contributed by atoms with van der Waals surface area (Å²) in [6.45, 7) is 7.68. The van der Waals surface area contributed by atoms with Crippen molar-refractivity contribution < 1.29 is 19.1 Å². The average Bonchev–Trinajstić information content (AvgIpc) is 3.47. The number of aromatic nitrogens is 1. The van der Waals surface area contributed by atoms with Crippen molar-refractivity contribution in [3.63, 3.8) is 0 Å². The first kappa shape index (κ1) is 27.8. The van der Waals surface area contributed by atoms with Gasteiger partial charge in [-0.1, -0.05) is 24.3 Å². The van der Waals surface area contributed by atoms with E-state index in [1.54, 1.807) is 24.0 Å². The molecule has 0 spiro atoms. The first-order valence-electron chi connectivity index (χ1n) is 13.7. The number of urea groups is 1. The number of amides is 3. The second kappa shape index (κ2) is 11.4. The number of nitrogens with zero attached hydrogens (tertiary/aromatic N) is 3. The van der Waals surface area contributed by atoms with Crippen LogP contribution < -0.4 is 19.7 Å². The normalized spacial score (nSPS) is 13.8. The van der Waals surface area contributed by atoms with Crippen molar-refractivity contribution in [3.8, 4) is 17.2 Å². The van der Waals surface area contributed by atoms with E-state index in [4.69, 9.17) is 9.47 Å². The van der Waals surface area contributed by atoms with Crippen molar-refractivity contribution in [1.82, 2.24) is 9.47 Å². The smallest absolute Gasteiger partial charge is 0.322 e. The van der Waals surface area contributed by atoms with E-state index in [0.717, 1.165) is 39.4 Å². The Labute approximate surface area is 241 Å². The Morgan fingerprint density at radius 1 is 0.927 bits per heavy atom. The van der Waals surface area contributed by atoms with Gasteiger partial charge in [0.15, 0.2) is 0 Å². The van der Waals surface area contributed by atoms with Gasteiger partial charge in [-0.05, 0) is 87.4 Å². The SMILES string of the molecule is COc1ccc(OC)c(C2c3cccn3-c3ccccc3N2C(=O)CN(C(=O)Nc2cccc(C)c2C)C(C)C)c1. The molecule has 1 N–H and O–H groups in total. The van der Waals surface area contributed by atoms with Gasteiger partial charge in [0, 0.05) is 23.5 Å². The Kier molecular flexibility index (Phi) is 7.75. The van der Waals surface area contributed by atoms with Crippen molar-refractivity contribution in [3.05, 3.63) is 101 Å². The lowest BCUT2D eigenvalue weighted by molar-refractivity contribution is -0.119. The highest BCUT2D eigenvalue weighted by Crippen LogP contribution is 2.45. The number of carbonyl (C=O) groups is 2. The zero-order chi connectivity index (χ0) is 29.3. The molecule has 5 rings (SSSR count). The molecule has 2 heterocycles. The van der Waals surface area contributed by atoms with Crippen LogP contribution in [-0.4, -0.2) is 48.2 Å². The lowest BCUT2D eigenvalue weighted by Crippen LogP contribution is -2.49. The number of aryl methyl sites for hydroxylation is 1. The van der Waals surface area contributed by atoms with Crippen LogP contribution in [0.4, 0.5) is 16.2 Å². The van der Waals surface area contributed by atoms with E-state index in [9.17, 15) is 9.59 Å². The van der Waals surface area contributed by atoms with Gasteiger partial charge in [-0.15, -0.1) is 0 Å². The maximum Gasteiger partial charge on any atom is 0.322 e. The molecule has 0 saturated carbocycles. The number of benzene rings is 3. The van der Waals surface area contributed by atoms with Crippen molar-refractivity contribution in [1.29, 1.82) is 0 Å². The molecule has 1 aliphatic rings. The van der Waals surface area contributed by atoms with Crippen LogP contribution in [0, 0.1) is 13.8 Å². The van der Waals surface area contributed by atoms with Crippen molar-refractivity contribution in [2.24, 2.45) is 0 Å². The summed E-state index contributed by atoms with van der Waals surface area (Å²) in [4.78, 5) is 31.4. The molecule has 1 aliphatic heterocycles. The molecule has 4 aromatic rings. The number of carbonyl (C=O) groups excluding carboxylic acids is 2. The van der Waals surface area contributed by atoms with Gasteiger partial charge in [0.1, 0.15) is 24.1 Å². The fraction of sp³-hybridized carbons (Fsp3) is 0.273. The minimum atomic E-state index is -0.520. The van der Waals surface area contributed by atoms with Crippen molar-refractivity contribution >= 4 is 23.3 Å². The monoisotopic (exact) mass is 552 g/mol. The number of fused-ring (bicyclic) bond motifs is 3. The Morgan fingerprint density at radius 2 is 1.68 bits per heavy atom. The third-order valence-corrected chi connectivity index (χ3v) is 7.76. The first-order valence-corrected chi connectivity index (χ1v) is 13.7. The van der Waals surface area contributed by atoms with Crippen LogP contribution in [0.3, 0.4) is 0 Å². The Hall–Kier alpha value is -4.72. The minimum Gasteiger partial charge on any atom is -0.497 e. The fourth-order valence-corrected chi connectivity index (χ4v) is 5.39. The summed E-state index contributed by atoms with van der Waals surface area (Å²) in [7, 11) is 3.23. The molecule has 0 saturated heterocycles. The first-order chi connectivity index (χ1) is 19.7. The number of para-hydroxylation sites is 2. The number of hydrogen-bond acceptors (Lipinski definition) is 4. The summed E-state index contributed by atoms with van der Waals surface area (Å²) in [6, 6.07) is 22.1. The van der Waals surface area contributed by atoms with E-state index >= 15 is 0 Å². The molecule has 3 aromatic carbocycles. The third-order valence-electron chi connectivity index (χ3n) is 7.76. The molecule has 8 nitrogen and oxygen atoms in total. The van der Waals surface area contributed by atoms with Gasteiger partial charge in [0.25, 0.3) is 0 Å². The lowest BCUT2D eigenvalue weighted by atomic mass is 9.96. The summed E-state index contributed by atoms with van der Waals surface area (Å²) in [5.74, 6) is 1.07. The standard InChI is InChI=1S/C33H36N4O4/c1-21(2)36(33(39)34-26-12-9-11-22(3)23(26)4)20-31(38)37-28-14-8-7-13-27(28)35-18-10-15-29(35)32(37)25-19-24(40-5)16-17-30(25)41-6/h7-19,21,32H,20H2,1-6H3,(H,34,39). The van der Waals surface area contributed by atoms with Crippen LogP contribution in [0.25, 0.3) is 5.69 Å². The van der Waals surface area contributed by atoms with E-state index < -0.39 is 6.04 Å². The third kappa shape index (κ3) is 5.13. The van der Waals surface area contributed by atoms with E-state index in [0.29, 0.717) is 11.5 Å². The number of rotatable bonds is 7. The van der Waals surface area contributed by atoms with Crippen molar-refractivity contribution in [2.75, 3.05) is 31.0 Å². The largest absolute Gasteiger partial charge is 0.497 e. The average molecular weight is 553 g/mol. The van der Waals surface area contributed by atoms with Crippen LogP contribution in [0.5, 0.6) is 11.5 Å². The molecule has 0 radical (unpaired) electrons. The second-order valence-corrected chi connectivity index (χ2v) is 10.5. The van der Waals surface area contributed by atoms with Crippen LogP contribution >= 0.6 is 0 Å². The van der Waals surface area contributed by atoms with E-state index in [2.05, 4.69) is 9.88 Å². The number of anilines is 2. The number of hydrogen-bond donors (Lipinski definition) is 1. The predicted octanol–water partition coefficient (Wildman–Crippen LogP) is 6.49.